The summed E-state index contributed by atoms with van der Waals surface area (Å²) in [6.45, 7) is 19.9. The largest absolute Gasteiger partial charge is 0.501 e. The van der Waals surface area contributed by atoms with Gasteiger partial charge in [0.05, 0.1) is 32.8 Å². The zero-order valence-electron chi connectivity index (χ0n) is 23.6. The van der Waals surface area contributed by atoms with Crippen molar-refractivity contribution in [3.8, 4) is 28.2 Å². The molecule has 1 N–H and O–H groups in total. The Kier molecular flexibility index (Phi) is 7.38. The lowest BCUT2D eigenvalue weighted by Crippen LogP contribution is -2.47. The zero-order valence-corrected chi connectivity index (χ0v) is 23.6. The molecule has 2 aliphatic rings. The highest BCUT2D eigenvalue weighted by molar-refractivity contribution is 5.96. The van der Waals surface area contributed by atoms with Gasteiger partial charge in [-0.1, -0.05) is 12.1 Å². The number of nitrogens with one attached hydrogen (secondary N) is 1. The van der Waals surface area contributed by atoms with Crippen LogP contribution in [0.25, 0.3) is 43.2 Å². The molecule has 1 amide bonds. The molecule has 0 spiro atoms. The van der Waals surface area contributed by atoms with Crippen LogP contribution in [0.2, 0.25) is 0 Å². The van der Waals surface area contributed by atoms with E-state index in [2.05, 4.69) is 24.9 Å². The SMILES string of the molecule is [C-]#[N+]c1cc(-c2ccnc3cc(-c4ccc(C(=O)NC5([N+]#[C-])CCN(C)C5)cc4C)oc23)ccc1OC1CCOCC1. The van der Waals surface area contributed by atoms with Crippen molar-refractivity contribution in [1.82, 2.24) is 15.2 Å². The fraction of sp³-hybridized carbons (Fsp3) is 0.333. The number of aromatic nitrogens is 1. The molecule has 2 aromatic carbocycles. The van der Waals surface area contributed by atoms with Gasteiger partial charge in [-0.05, 0) is 55.4 Å². The van der Waals surface area contributed by atoms with Crippen molar-refractivity contribution >= 4 is 22.7 Å². The summed E-state index contributed by atoms with van der Waals surface area (Å²) in [7, 11) is 1.95. The molecule has 6 rings (SSSR count). The van der Waals surface area contributed by atoms with Gasteiger partial charge in [0.2, 0.25) is 5.69 Å². The van der Waals surface area contributed by atoms with Crippen LogP contribution >= 0.6 is 0 Å². The number of carbonyl (C=O) groups is 1. The van der Waals surface area contributed by atoms with E-state index in [0.29, 0.717) is 60.0 Å². The minimum atomic E-state index is -0.887. The standard InChI is InChI=1S/C33H31N5O4/c1-21-17-23(32(39)37-33(35-3)12-14-38(4)20-33)5-7-25(21)30-19-28-31(42-30)26(9-13-36-28)22-6-8-29(27(18-22)34-2)41-24-10-15-40-16-11-24/h5-9,13,17-19,24H,10-12,14-16,20H2,1,4H3,(H,37,39). The molecule has 4 aromatic rings. The molecule has 2 saturated heterocycles. The predicted molar refractivity (Wildman–Crippen MR) is 159 cm³/mol. The number of furan rings is 1. The van der Waals surface area contributed by atoms with Gasteiger partial charge in [0, 0.05) is 48.3 Å². The number of hydrogen-bond donors (Lipinski definition) is 1. The Morgan fingerprint density at radius 2 is 1.95 bits per heavy atom. The van der Waals surface area contributed by atoms with Gasteiger partial charge < -0.3 is 13.9 Å². The summed E-state index contributed by atoms with van der Waals surface area (Å²) >= 11 is 0. The van der Waals surface area contributed by atoms with Crippen LogP contribution in [0.1, 0.15) is 35.2 Å². The number of nitrogens with zero attached hydrogens (tertiary/aromatic N) is 4. The number of fused-ring (bicyclic) bond motifs is 1. The van der Waals surface area contributed by atoms with Crippen LogP contribution in [0.5, 0.6) is 5.75 Å². The summed E-state index contributed by atoms with van der Waals surface area (Å²) in [6.07, 6.45) is 4.00. The summed E-state index contributed by atoms with van der Waals surface area (Å²) in [5.41, 5.74) is 4.75. The average molecular weight is 562 g/mol. The first-order valence-electron chi connectivity index (χ1n) is 14.0. The summed E-state index contributed by atoms with van der Waals surface area (Å²) in [4.78, 5) is 27.1. The Bertz CT molecular complexity index is 1740. The van der Waals surface area contributed by atoms with Gasteiger partial charge in [0.25, 0.3) is 5.91 Å². The number of benzene rings is 2. The van der Waals surface area contributed by atoms with Crippen LogP contribution in [-0.4, -0.2) is 60.9 Å². The molecule has 9 nitrogen and oxygen atoms in total. The molecule has 212 valence electrons. The zero-order chi connectivity index (χ0) is 29.3. The average Bonchev–Trinajstić information content (AvgIpc) is 3.61. The third-order valence-corrected chi connectivity index (χ3v) is 8.02. The van der Waals surface area contributed by atoms with E-state index in [4.69, 9.17) is 27.0 Å². The number of pyridine rings is 1. The van der Waals surface area contributed by atoms with Crippen molar-refractivity contribution in [2.24, 2.45) is 0 Å². The number of amides is 1. The fourth-order valence-corrected chi connectivity index (χ4v) is 5.71. The summed E-state index contributed by atoms with van der Waals surface area (Å²) in [6, 6.07) is 14.8. The van der Waals surface area contributed by atoms with Crippen LogP contribution in [-0.2, 0) is 4.74 Å². The molecule has 2 fully saturated rings. The number of ether oxygens (including phenoxy) is 2. The van der Waals surface area contributed by atoms with E-state index < -0.39 is 5.66 Å². The quantitative estimate of drug-likeness (QED) is 0.280. The molecule has 42 heavy (non-hydrogen) atoms. The Hall–Kier alpha value is -4.70. The van der Waals surface area contributed by atoms with Gasteiger partial charge >= 0.3 is 5.66 Å². The molecular formula is C33H31N5O4. The van der Waals surface area contributed by atoms with Gasteiger partial charge in [-0.25, -0.2) is 11.4 Å². The fourth-order valence-electron chi connectivity index (χ4n) is 5.71. The normalized spacial score (nSPS) is 19.3. The van der Waals surface area contributed by atoms with Crippen molar-refractivity contribution in [3.63, 3.8) is 0 Å². The first-order valence-corrected chi connectivity index (χ1v) is 14.0. The van der Waals surface area contributed by atoms with E-state index in [1.165, 1.54) is 0 Å². The maximum absolute atomic E-state index is 13.1. The van der Waals surface area contributed by atoms with Gasteiger partial charge in [-0.3, -0.25) is 24.8 Å². The lowest BCUT2D eigenvalue weighted by atomic mass is 10.0. The molecule has 9 heteroatoms. The topological polar surface area (TPSA) is 85.6 Å². The predicted octanol–water partition coefficient (Wildman–Crippen LogP) is 6.26. The van der Waals surface area contributed by atoms with Crippen molar-refractivity contribution < 1.29 is 18.7 Å². The number of likely N-dealkylation sites (tertiary alicyclic amines) is 1. The molecular weight excluding hydrogens is 530 g/mol. The van der Waals surface area contributed by atoms with Crippen molar-refractivity contribution in [2.75, 3.05) is 33.4 Å². The van der Waals surface area contributed by atoms with Gasteiger partial charge in [-0.15, -0.1) is 0 Å². The maximum atomic E-state index is 13.1. The number of rotatable bonds is 6. The molecule has 4 heterocycles. The van der Waals surface area contributed by atoms with E-state index in [1.807, 2.05) is 56.4 Å². The van der Waals surface area contributed by atoms with Gasteiger partial charge in [-0.2, -0.15) is 0 Å². The summed E-state index contributed by atoms with van der Waals surface area (Å²) in [5.74, 6) is 0.951. The van der Waals surface area contributed by atoms with Crippen LogP contribution in [0.15, 0.2) is 59.1 Å². The smallest absolute Gasteiger partial charge is 0.321 e. The van der Waals surface area contributed by atoms with Crippen molar-refractivity contribution in [3.05, 3.63) is 88.7 Å². The number of likely N-dealkylation sites (N-methyl/N-ethyl adjacent to an activating group) is 1. The highest BCUT2D eigenvalue weighted by Crippen LogP contribution is 2.39. The molecule has 1 unspecified atom stereocenters. The first kappa shape index (κ1) is 27.5. The van der Waals surface area contributed by atoms with Crippen LogP contribution in [0, 0.1) is 20.1 Å². The minimum Gasteiger partial charge on any atom is -0.501 e. The van der Waals surface area contributed by atoms with Crippen LogP contribution < -0.4 is 10.1 Å². The third kappa shape index (κ3) is 5.33. The van der Waals surface area contributed by atoms with E-state index in [-0.39, 0.29) is 12.0 Å². The second-order valence-electron chi connectivity index (χ2n) is 11.0. The van der Waals surface area contributed by atoms with E-state index >= 15 is 0 Å². The van der Waals surface area contributed by atoms with E-state index in [0.717, 1.165) is 41.6 Å². The Morgan fingerprint density at radius 3 is 2.67 bits per heavy atom. The minimum absolute atomic E-state index is 0.0456. The first-order chi connectivity index (χ1) is 20.4. The number of hydrogen-bond acceptors (Lipinski definition) is 6. The lowest BCUT2D eigenvalue weighted by molar-refractivity contribution is 0.0259. The molecule has 0 radical (unpaired) electrons. The second-order valence-corrected chi connectivity index (χ2v) is 11.0. The molecule has 0 aliphatic carbocycles. The van der Waals surface area contributed by atoms with Crippen molar-refractivity contribution in [2.45, 2.75) is 38.0 Å². The highest BCUT2D eigenvalue weighted by Gasteiger charge is 2.44. The Balaban J connectivity index is 1.27. The number of aryl methyl sites for hydroxylation is 1. The Morgan fingerprint density at radius 1 is 1.12 bits per heavy atom. The molecule has 2 aromatic heterocycles. The molecule has 0 bridgehead atoms. The maximum Gasteiger partial charge on any atom is 0.321 e. The second kappa shape index (κ2) is 11.3. The summed E-state index contributed by atoms with van der Waals surface area (Å²) in [5, 5.41) is 2.95. The van der Waals surface area contributed by atoms with Gasteiger partial charge in [0.15, 0.2) is 5.58 Å². The van der Waals surface area contributed by atoms with Gasteiger partial charge in [0.1, 0.15) is 23.1 Å². The highest BCUT2D eigenvalue weighted by atomic mass is 16.5. The lowest BCUT2D eigenvalue weighted by Gasteiger charge is -2.24. The number of carbonyl (C=O) groups excluding carboxylic acids is 1. The molecule has 0 saturated carbocycles. The van der Waals surface area contributed by atoms with Crippen LogP contribution in [0.3, 0.4) is 0 Å². The van der Waals surface area contributed by atoms with E-state index in [1.54, 1.807) is 12.3 Å². The van der Waals surface area contributed by atoms with E-state index in [9.17, 15) is 4.79 Å². The Labute approximate surface area is 244 Å². The van der Waals surface area contributed by atoms with Crippen LogP contribution in [0.4, 0.5) is 5.69 Å². The monoisotopic (exact) mass is 561 g/mol. The summed E-state index contributed by atoms with van der Waals surface area (Å²) < 4.78 is 17.9. The van der Waals surface area contributed by atoms with Crippen molar-refractivity contribution in [1.29, 1.82) is 0 Å². The molecule has 2 aliphatic heterocycles. The third-order valence-electron chi connectivity index (χ3n) is 8.02. The molecule has 1 atom stereocenters.